The van der Waals surface area contributed by atoms with Gasteiger partial charge in [-0.25, -0.2) is 23.1 Å². The van der Waals surface area contributed by atoms with E-state index in [4.69, 9.17) is 5.73 Å². The number of nitrogens with two attached hydrogens (primary N) is 1. The molecule has 6 nitrogen and oxygen atoms in total. The summed E-state index contributed by atoms with van der Waals surface area (Å²) < 4.78 is 27.2. The first-order chi connectivity index (χ1) is 9.29. The molecule has 0 aromatic carbocycles. The van der Waals surface area contributed by atoms with E-state index < -0.39 is 10.0 Å². The Morgan fingerprint density at radius 1 is 1.40 bits per heavy atom. The van der Waals surface area contributed by atoms with Crippen molar-refractivity contribution >= 4 is 27.2 Å². The van der Waals surface area contributed by atoms with Gasteiger partial charge in [0.05, 0.1) is 21.6 Å². The molecule has 0 fully saturated rings. The predicted octanol–water partition coefficient (Wildman–Crippen LogP) is 1.78. The number of rotatable bonds is 4. The fraction of sp³-hybridized carbons (Fsp3) is 0.333. The van der Waals surface area contributed by atoms with Gasteiger partial charge < -0.3 is 5.73 Å². The Bertz CT molecular complexity index is 725. The molecule has 2 heterocycles. The lowest BCUT2D eigenvalue weighted by atomic mass is 10.2. The van der Waals surface area contributed by atoms with Crippen molar-refractivity contribution in [1.29, 1.82) is 0 Å². The van der Waals surface area contributed by atoms with Gasteiger partial charge in [0.2, 0.25) is 10.0 Å². The summed E-state index contributed by atoms with van der Waals surface area (Å²) in [4.78, 5) is 9.11. The number of aromatic nitrogens is 2. The molecule has 20 heavy (non-hydrogen) atoms. The number of hydrogen-bond acceptors (Lipinski definition) is 6. The number of hydrogen-bond donors (Lipinski definition) is 2. The van der Waals surface area contributed by atoms with E-state index in [1.54, 1.807) is 6.92 Å². The van der Waals surface area contributed by atoms with Gasteiger partial charge in [-0.2, -0.15) is 0 Å². The molecule has 0 bridgehead atoms. The van der Waals surface area contributed by atoms with Crippen LogP contribution in [0.3, 0.4) is 0 Å². The van der Waals surface area contributed by atoms with Crippen LogP contribution in [0.5, 0.6) is 0 Å². The number of thiazole rings is 1. The van der Waals surface area contributed by atoms with Gasteiger partial charge in [0.1, 0.15) is 5.82 Å². The molecule has 1 atom stereocenters. The first-order valence-corrected chi connectivity index (χ1v) is 8.27. The average molecular weight is 312 g/mol. The first-order valence-electron chi connectivity index (χ1n) is 5.97. The van der Waals surface area contributed by atoms with Crippen LogP contribution in [0, 0.1) is 13.8 Å². The highest BCUT2D eigenvalue weighted by atomic mass is 32.2. The van der Waals surface area contributed by atoms with Gasteiger partial charge in [-0.3, -0.25) is 0 Å². The van der Waals surface area contributed by atoms with Gasteiger partial charge in [-0.05, 0) is 26.8 Å². The largest absolute Gasteiger partial charge is 0.384 e. The molecule has 8 heteroatoms. The quantitative estimate of drug-likeness (QED) is 0.896. The van der Waals surface area contributed by atoms with E-state index in [1.807, 2.05) is 13.8 Å². The van der Waals surface area contributed by atoms with Gasteiger partial charge in [0, 0.05) is 17.1 Å². The molecular formula is C12H16N4O2S2. The third kappa shape index (κ3) is 3.14. The molecule has 0 radical (unpaired) electrons. The standard InChI is InChI=1S/C12H16N4O2S2/c1-7-12(19-9(3)15-7)8(2)16-20(17,18)10-4-5-14-11(13)6-10/h4-6,8,16H,1-3H3,(H2,13,14). The van der Waals surface area contributed by atoms with E-state index in [9.17, 15) is 8.42 Å². The molecule has 0 amide bonds. The van der Waals surface area contributed by atoms with Gasteiger partial charge in [-0.1, -0.05) is 0 Å². The molecule has 0 spiro atoms. The Kier molecular flexibility index (Phi) is 4.07. The lowest BCUT2D eigenvalue weighted by molar-refractivity contribution is 0.568. The second kappa shape index (κ2) is 5.47. The number of nitrogen functional groups attached to an aromatic ring is 1. The number of anilines is 1. The molecule has 108 valence electrons. The van der Waals surface area contributed by atoms with Crippen LogP contribution in [0.4, 0.5) is 5.82 Å². The fourth-order valence-electron chi connectivity index (χ4n) is 1.90. The fourth-order valence-corrected chi connectivity index (χ4v) is 4.14. The maximum atomic E-state index is 12.3. The van der Waals surface area contributed by atoms with Crippen LogP contribution in [0.2, 0.25) is 0 Å². The van der Waals surface area contributed by atoms with Crippen molar-refractivity contribution < 1.29 is 8.42 Å². The van der Waals surface area contributed by atoms with Crippen LogP contribution in [-0.4, -0.2) is 18.4 Å². The van der Waals surface area contributed by atoms with E-state index in [0.717, 1.165) is 15.6 Å². The van der Waals surface area contributed by atoms with E-state index in [0.29, 0.717) is 0 Å². The summed E-state index contributed by atoms with van der Waals surface area (Å²) in [7, 11) is -3.63. The Hall–Kier alpha value is -1.51. The highest BCUT2D eigenvalue weighted by Crippen LogP contribution is 2.26. The highest BCUT2D eigenvalue weighted by Gasteiger charge is 2.21. The molecule has 2 rings (SSSR count). The molecule has 1 unspecified atom stereocenters. The molecular weight excluding hydrogens is 296 g/mol. The maximum Gasteiger partial charge on any atom is 0.241 e. The van der Waals surface area contributed by atoms with Gasteiger partial charge in [-0.15, -0.1) is 11.3 Å². The average Bonchev–Trinajstić information content (AvgIpc) is 2.68. The minimum Gasteiger partial charge on any atom is -0.384 e. The zero-order chi connectivity index (χ0) is 14.9. The van der Waals surface area contributed by atoms with Crippen LogP contribution < -0.4 is 10.5 Å². The Morgan fingerprint density at radius 3 is 2.65 bits per heavy atom. The molecule has 3 N–H and O–H groups in total. The molecule has 0 saturated heterocycles. The summed E-state index contributed by atoms with van der Waals surface area (Å²) in [5.74, 6) is 0.172. The summed E-state index contributed by atoms with van der Waals surface area (Å²) in [6, 6.07) is 2.40. The van der Waals surface area contributed by atoms with E-state index in [-0.39, 0.29) is 16.8 Å². The van der Waals surface area contributed by atoms with Crippen LogP contribution in [0.15, 0.2) is 23.2 Å². The van der Waals surface area contributed by atoms with Crippen molar-refractivity contribution in [2.45, 2.75) is 31.7 Å². The number of aryl methyl sites for hydroxylation is 2. The number of nitrogens with one attached hydrogen (secondary N) is 1. The number of pyridine rings is 1. The van der Waals surface area contributed by atoms with Gasteiger partial charge in [0.25, 0.3) is 0 Å². The third-order valence-electron chi connectivity index (χ3n) is 2.73. The van der Waals surface area contributed by atoms with Crippen molar-refractivity contribution in [1.82, 2.24) is 14.7 Å². The van der Waals surface area contributed by atoms with Crippen molar-refractivity contribution in [2.75, 3.05) is 5.73 Å². The summed E-state index contributed by atoms with van der Waals surface area (Å²) in [6.07, 6.45) is 1.37. The smallest absolute Gasteiger partial charge is 0.241 e. The summed E-state index contributed by atoms with van der Waals surface area (Å²) in [5.41, 5.74) is 6.36. The molecule has 0 saturated carbocycles. The molecule has 2 aromatic rings. The number of nitrogens with zero attached hydrogens (tertiary/aromatic N) is 2. The van der Waals surface area contributed by atoms with Gasteiger partial charge >= 0.3 is 0 Å². The topological polar surface area (TPSA) is 98.0 Å². The minimum atomic E-state index is -3.63. The van der Waals surface area contributed by atoms with Crippen LogP contribution in [0.1, 0.15) is 28.5 Å². The second-order valence-corrected chi connectivity index (χ2v) is 7.39. The Labute approximate surface area is 122 Å². The summed E-state index contributed by atoms with van der Waals surface area (Å²) >= 11 is 1.49. The predicted molar refractivity (Wildman–Crippen MR) is 79.0 cm³/mol. The second-order valence-electron chi connectivity index (χ2n) is 4.44. The van der Waals surface area contributed by atoms with E-state index in [2.05, 4.69) is 14.7 Å². The highest BCUT2D eigenvalue weighted by molar-refractivity contribution is 7.89. The lowest BCUT2D eigenvalue weighted by Gasteiger charge is -2.13. The molecule has 2 aromatic heterocycles. The minimum absolute atomic E-state index is 0.107. The van der Waals surface area contributed by atoms with Crippen molar-refractivity contribution in [3.05, 3.63) is 33.9 Å². The summed E-state index contributed by atoms with van der Waals surface area (Å²) in [5, 5.41) is 0.914. The zero-order valence-electron chi connectivity index (χ0n) is 11.4. The van der Waals surface area contributed by atoms with Crippen molar-refractivity contribution in [3.8, 4) is 0 Å². The summed E-state index contributed by atoms with van der Waals surface area (Å²) in [6.45, 7) is 5.56. The van der Waals surface area contributed by atoms with Crippen molar-refractivity contribution in [2.24, 2.45) is 0 Å². The van der Waals surface area contributed by atoms with Crippen LogP contribution in [0.25, 0.3) is 0 Å². The Balaban J connectivity index is 2.26. The normalized spacial score (nSPS) is 13.3. The van der Waals surface area contributed by atoms with Gasteiger partial charge in [0.15, 0.2) is 0 Å². The monoisotopic (exact) mass is 312 g/mol. The lowest BCUT2D eigenvalue weighted by Crippen LogP contribution is -2.27. The van der Waals surface area contributed by atoms with Crippen LogP contribution >= 0.6 is 11.3 Å². The first kappa shape index (κ1) is 14.9. The van der Waals surface area contributed by atoms with E-state index >= 15 is 0 Å². The van der Waals surface area contributed by atoms with E-state index in [1.165, 1.54) is 29.7 Å². The molecule has 0 aliphatic heterocycles. The number of sulfonamides is 1. The molecule has 0 aliphatic carbocycles. The van der Waals surface area contributed by atoms with Crippen LogP contribution in [-0.2, 0) is 10.0 Å². The maximum absolute atomic E-state index is 12.3. The molecule has 0 aliphatic rings. The van der Waals surface area contributed by atoms with Crippen molar-refractivity contribution in [3.63, 3.8) is 0 Å². The SMILES string of the molecule is Cc1nc(C)c(C(C)NS(=O)(=O)c2ccnc(N)c2)s1. The third-order valence-corrected chi connectivity index (χ3v) is 5.52. The Morgan fingerprint density at radius 2 is 2.10 bits per heavy atom. The zero-order valence-corrected chi connectivity index (χ0v) is 13.0.